The summed E-state index contributed by atoms with van der Waals surface area (Å²) in [5.41, 5.74) is -0.885. The van der Waals surface area contributed by atoms with E-state index >= 15 is 0 Å². The van der Waals surface area contributed by atoms with E-state index in [-0.39, 0.29) is 13.2 Å². The molecule has 2 aromatic rings. The maximum absolute atomic E-state index is 13.2. The van der Waals surface area contributed by atoms with Gasteiger partial charge in [0.2, 0.25) is 0 Å². The Kier molecular flexibility index (Phi) is 6.14. The molecule has 0 radical (unpaired) electrons. The number of nitrogens with zero attached hydrogens (tertiary/aromatic N) is 2. The molecule has 1 N–H and O–H groups in total. The van der Waals surface area contributed by atoms with Crippen LogP contribution < -0.4 is 0 Å². The lowest BCUT2D eigenvalue weighted by Gasteiger charge is -2.30. The van der Waals surface area contributed by atoms with Gasteiger partial charge in [-0.1, -0.05) is 25.1 Å². The Morgan fingerprint density at radius 3 is 2.44 bits per heavy atom. The van der Waals surface area contributed by atoms with E-state index in [1.54, 1.807) is 31.3 Å². The molecule has 0 saturated carbocycles. The minimum Gasteiger partial charge on any atom is -0.394 e. The van der Waals surface area contributed by atoms with E-state index in [4.69, 9.17) is 0 Å². The first-order valence-corrected chi connectivity index (χ1v) is 7.86. The van der Waals surface area contributed by atoms with Crippen molar-refractivity contribution in [3.05, 3.63) is 65.5 Å². The van der Waals surface area contributed by atoms with Crippen LogP contribution in [-0.2, 0) is 12.7 Å². The summed E-state index contributed by atoms with van der Waals surface area (Å²) in [6.45, 7) is 1.43. The number of aromatic nitrogens is 1. The summed E-state index contributed by atoms with van der Waals surface area (Å²) in [5, 5.41) is 9.56. The summed E-state index contributed by atoms with van der Waals surface area (Å²) in [5.74, 6) is -0.778. The molecule has 1 aromatic carbocycles. The summed E-state index contributed by atoms with van der Waals surface area (Å²) in [7, 11) is 0. The molecule has 0 aliphatic carbocycles. The Labute approximate surface area is 143 Å². The zero-order chi connectivity index (χ0) is 18.4. The first-order chi connectivity index (χ1) is 11.9. The third kappa shape index (κ3) is 4.57. The van der Waals surface area contributed by atoms with Crippen LogP contribution >= 0.6 is 0 Å². The van der Waals surface area contributed by atoms with Gasteiger partial charge in [-0.05, 0) is 30.7 Å². The number of hydrogen-bond acceptors (Lipinski definition) is 3. The molecule has 0 unspecified atom stereocenters. The van der Waals surface area contributed by atoms with Crippen LogP contribution in [-0.4, -0.2) is 33.5 Å². The number of pyridine rings is 1. The van der Waals surface area contributed by atoms with Gasteiger partial charge in [0.15, 0.2) is 0 Å². The molecule has 1 heterocycles. The SMILES string of the molecule is CC[C@H](CO)N(Cc1ccccn1)C(=O)c1ccccc1C(F)(F)F. The summed E-state index contributed by atoms with van der Waals surface area (Å²) >= 11 is 0. The van der Waals surface area contributed by atoms with Gasteiger partial charge in [0.05, 0.1) is 36.0 Å². The zero-order valence-corrected chi connectivity index (χ0v) is 13.7. The van der Waals surface area contributed by atoms with Gasteiger partial charge in [-0.15, -0.1) is 0 Å². The Morgan fingerprint density at radius 1 is 1.20 bits per heavy atom. The standard InChI is InChI=1S/C18H19F3N2O2/c1-2-14(12-24)23(11-13-7-5-6-10-22-13)17(25)15-8-3-4-9-16(15)18(19,20)21/h3-10,14,24H,2,11-12H2,1H3/t14-/m1/s1. The molecule has 134 valence electrons. The van der Waals surface area contributed by atoms with Crippen LogP contribution in [0.5, 0.6) is 0 Å². The van der Waals surface area contributed by atoms with Crippen molar-refractivity contribution in [2.45, 2.75) is 32.1 Å². The predicted molar refractivity (Wildman–Crippen MR) is 86.7 cm³/mol. The van der Waals surface area contributed by atoms with E-state index in [2.05, 4.69) is 4.98 Å². The molecule has 1 aromatic heterocycles. The minimum atomic E-state index is -4.64. The van der Waals surface area contributed by atoms with Crippen LogP contribution in [0, 0.1) is 0 Å². The second kappa shape index (κ2) is 8.11. The first kappa shape index (κ1) is 18.9. The highest BCUT2D eigenvalue weighted by molar-refractivity contribution is 5.96. The lowest BCUT2D eigenvalue weighted by atomic mass is 10.0. The molecule has 2 rings (SSSR count). The highest BCUT2D eigenvalue weighted by atomic mass is 19.4. The normalized spacial score (nSPS) is 12.7. The molecule has 7 heteroatoms. The smallest absolute Gasteiger partial charge is 0.394 e. The third-order valence-corrected chi connectivity index (χ3v) is 3.90. The van der Waals surface area contributed by atoms with Gasteiger partial charge >= 0.3 is 6.18 Å². The number of rotatable bonds is 6. The van der Waals surface area contributed by atoms with Gasteiger partial charge in [0, 0.05) is 6.20 Å². The van der Waals surface area contributed by atoms with Crippen molar-refractivity contribution in [3.8, 4) is 0 Å². The highest BCUT2D eigenvalue weighted by Gasteiger charge is 2.36. The number of aliphatic hydroxyl groups is 1. The minimum absolute atomic E-state index is 0.0188. The van der Waals surface area contributed by atoms with Gasteiger partial charge in [0.1, 0.15) is 0 Å². The topological polar surface area (TPSA) is 53.4 Å². The predicted octanol–water partition coefficient (Wildman–Crippen LogP) is 3.51. The van der Waals surface area contributed by atoms with Gasteiger partial charge in [0.25, 0.3) is 5.91 Å². The summed E-state index contributed by atoms with van der Waals surface area (Å²) < 4.78 is 39.7. The van der Waals surface area contributed by atoms with Crippen molar-refractivity contribution < 1.29 is 23.1 Å². The van der Waals surface area contributed by atoms with Crippen LogP contribution in [0.4, 0.5) is 13.2 Å². The molecule has 0 aliphatic heterocycles. The molecule has 4 nitrogen and oxygen atoms in total. The summed E-state index contributed by atoms with van der Waals surface area (Å²) in [6, 6.07) is 9.18. The van der Waals surface area contributed by atoms with Crippen molar-refractivity contribution in [1.82, 2.24) is 9.88 Å². The molecule has 0 spiro atoms. The fourth-order valence-electron chi connectivity index (χ4n) is 2.55. The monoisotopic (exact) mass is 352 g/mol. The van der Waals surface area contributed by atoms with Crippen molar-refractivity contribution in [3.63, 3.8) is 0 Å². The highest BCUT2D eigenvalue weighted by Crippen LogP contribution is 2.32. The van der Waals surface area contributed by atoms with Crippen LogP contribution in [0.15, 0.2) is 48.7 Å². The van der Waals surface area contributed by atoms with E-state index in [0.29, 0.717) is 12.1 Å². The molecular weight excluding hydrogens is 333 g/mol. The second-order valence-electron chi connectivity index (χ2n) is 5.54. The molecule has 0 saturated heterocycles. The number of benzene rings is 1. The van der Waals surface area contributed by atoms with Crippen molar-refractivity contribution in [2.75, 3.05) is 6.61 Å². The number of carbonyl (C=O) groups is 1. The number of amides is 1. The maximum atomic E-state index is 13.2. The summed E-state index contributed by atoms with van der Waals surface area (Å²) in [6.07, 6.45) is -2.69. The molecule has 0 fully saturated rings. The quantitative estimate of drug-likeness (QED) is 0.866. The number of hydrogen-bond donors (Lipinski definition) is 1. The molecule has 1 amide bonds. The molecule has 1 atom stereocenters. The van der Waals surface area contributed by atoms with Gasteiger partial charge < -0.3 is 10.0 Å². The number of aliphatic hydroxyl groups excluding tert-OH is 1. The van der Waals surface area contributed by atoms with E-state index < -0.39 is 29.3 Å². The fourth-order valence-corrected chi connectivity index (χ4v) is 2.55. The van der Waals surface area contributed by atoms with Crippen LogP contribution in [0.3, 0.4) is 0 Å². The fraction of sp³-hybridized carbons (Fsp3) is 0.333. The summed E-state index contributed by atoms with van der Waals surface area (Å²) in [4.78, 5) is 18.2. The lowest BCUT2D eigenvalue weighted by Crippen LogP contribution is -2.42. The molecule has 25 heavy (non-hydrogen) atoms. The molecule has 0 aliphatic rings. The van der Waals surface area contributed by atoms with E-state index in [9.17, 15) is 23.1 Å². The first-order valence-electron chi connectivity index (χ1n) is 7.86. The van der Waals surface area contributed by atoms with E-state index in [0.717, 1.165) is 12.1 Å². The van der Waals surface area contributed by atoms with Crippen molar-refractivity contribution >= 4 is 5.91 Å². The third-order valence-electron chi connectivity index (χ3n) is 3.90. The molecular formula is C18H19F3N2O2. The average Bonchev–Trinajstić information content (AvgIpc) is 2.61. The van der Waals surface area contributed by atoms with Crippen LogP contribution in [0.25, 0.3) is 0 Å². The van der Waals surface area contributed by atoms with Gasteiger partial charge in [-0.3, -0.25) is 9.78 Å². The van der Waals surface area contributed by atoms with Crippen molar-refractivity contribution in [2.24, 2.45) is 0 Å². The van der Waals surface area contributed by atoms with Crippen LogP contribution in [0.2, 0.25) is 0 Å². The maximum Gasteiger partial charge on any atom is 0.417 e. The Hall–Kier alpha value is -2.41. The van der Waals surface area contributed by atoms with Gasteiger partial charge in [-0.25, -0.2) is 0 Å². The zero-order valence-electron chi connectivity index (χ0n) is 13.7. The number of halogens is 3. The number of carbonyl (C=O) groups excluding carboxylic acids is 1. The van der Waals surface area contributed by atoms with E-state index in [1.807, 2.05) is 0 Å². The van der Waals surface area contributed by atoms with Crippen LogP contribution in [0.1, 0.15) is 35.0 Å². The Morgan fingerprint density at radius 2 is 1.88 bits per heavy atom. The van der Waals surface area contributed by atoms with Crippen molar-refractivity contribution in [1.29, 1.82) is 0 Å². The van der Waals surface area contributed by atoms with Gasteiger partial charge in [-0.2, -0.15) is 13.2 Å². The lowest BCUT2D eigenvalue weighted by molar-refractivity contribution is -0.138. The Balaban J connectivity index is 2.42. The van der Waals surface area contributed by atoms with E-state index in [1.165, 1.54) is 17.0 Å². The molecule has 0 bridgehead atoms. The Bertz CT molecular complexity index is 701. The number of alkyl halides is 3. The largest absolute Gasteiger partial charge is 0.417 e. The second-order valence-corrected chi connectivity index (χ2v) is 5.54. The average molecular weight is 352 g/mol.